The van der Waals surface area contributed by atoms with Gasteiger partial charge in [0.25, 0.3) is 0 Å². The van der Waals surface area contributed by atoms with Gasteiger partial charge in [0.2, 0.25) is 5.91 Å². The molecule has 2 rings (SSSR count). The van der Waals surface area contributed by atoms with E-state index in [1.54, 1.807) is 16.8 Å². The third-order valence-corrected chi connectivity index (χ3v) is 4.26. The summed E-state index contributed by atoms with van der Waals surface area (Å²) in [7, 11) is 3.53. The molecular formula is C17H25N3O4. The molecule has 0 unspecified atom stereocenters. The van der Waals surface area contributed by atoms with E-state index in [4.69, 9.17) is 5.11 Å². The van der Waals surface area contributed by atoms with Crippen molar-refractivity contribution >= 4 is 11.9 Å². The first kappa shape index (κ1) is 18.4. The van der Waals surface area contributed by atoms with Gasteiger partial charge in [-0.15, -0.1) is 0 Å². The molecule has 0 saturated carbocycles. The van der Waals surface area contributed by atoms with Gasteiger partial charge in [-0.3, -0.25) is 19.4 Å². The number of carboxylic acids is 1. The zero-order valence-electron chi connectivity index (χ0n) is 14.1. The fourth-order valence-corrected chi connectivity index (χ4v) is 3.02. The van der Waals surface area contributed by atoms with E-state index in [1.807, 2.05) is 42.3 Å². The van der Waals surface area contributed by atoms with E-state index in [9.17, 15) is 14.7 Å². The molecule has 2 atom stereocenters. The summed E-state index contributed by atoms with van der Waals surface area (Å²) in [4.78, 5) is 28.3. The fourth-order valence-electron chi connectivity index (χ4n) is 3.02. The van der Waals surface area contributed by atoms with Crippen LogP contribution in [0, 0.1) is 0 Å². The number of likely N-dealkylation sites (N-methyl/N-ethyl adjacent to an activating group) is 2. The van der Waals surface area contributed by atoms with E-state index in [1.165, 1.54) is 0 Å². The average molecular weight is 335 g/mol. The number of amides is 1. The van der Waals surface area contributed by atoms with Crippen LogP contribution in [0.2, 0.25) is 0 Å². The molecule has 7 heteroatoms. The van der Waals surface area contributed by atoms with Crippen LogP contribution >= 0.6 is 0 Å². The number of hydrogen-bond donors (Lipinski definition) is 2. The van der Waals surface area contributed by atoms with Gasteiger partial charge in [0.1, 0.15) is 0 Å². The SMILES string of the molecule is CN(CC(=O)N1C[C@@H](O)[C@H](N(C)CC(=O)O)C1)Cc1ccccc1. The first-order valence-electron chi connectivity index (χ1n) is 7.97. The highest BCUT2D eigenvalue weighted by Gasteiger charge is 2.36. The van der Waals surface area contributed by atoms with Crippen molar-refractivity contribution in [3.05, 3.63) is 35.9 Å². The zero-order chi connectivity index (χ0) is 17.7. The highest BCUT2D eigenvalue weighted by atomic mass is 16.4. The number of likely N-dealkylation sites (tertiary alicyclic amines) is 1. The third-order valence-electron chi connectivity index (χ3n) is 4.26. The van der Waals surface area contributed by atoms with Gasteiger partial charge < -0.3 is 15.1 Å². The number of benzene rings is 1. The fraction of sp³-hybridized carbons (Fsp3) is 0.529. The molecule has 24 heavy (non-hydrogen) atoms. The van der Waals surface area contributed by atoms with Gasteiger partial charge in [0.05, 0.1) is 25.2 Å². The molecule has 7 nitrogen and oxygen atoms in total. The number of rotatable bonds is 7. The van der Waals surface area contributed by atoms with Gasteiger partial charge in [0.15, 0.2) is 0 Å². The Kier molecular flexibility index (Phi) is 6.30. The Hall–Kier alpha value is -1.96. The summed E-state index contributed by atoms with van der Waals surface area (Å²) >= 11 is 0. The smallest absolute Gasteiger partial charge is 0.317 e. The minimum Gasteiger partial charge on any atom is -0.480 e. The number of aliphatic hydroxyl groups excluding tert-OH is 1. The van der Waals surface area contributed by atoms with Crippen LogP contribution in [0.25, 0.3) is 0 Å². The normalized spacial score (nSPS) is 20.8. The maximum atomic E-state index is 12.4. The van der Waals surface area contributed by atoms with E-state index in [0.717, 1.165) is 5.56 Å². The van der Waals surface area contributed by atoms with Crippen LogP contribution in [-0.4, -0.2) is 89.2 Å². The van der Waals surface area contributed by atoms with Crippen LogP contribution in [0.4, 0.5) is 0 Å². The maximum absolute atomic E-state index is 12.4. The quantitative estimate of drug-likeness (QED) is 0.712. The van der Waals surface area contributed by atoms with Gasteiger partial charge in [-0.2, -0.15) is 0 Å². The van der Waals surface area contributed by atoms with E-state index < -0.39 is 12.1 Å². The molecule has 2 N–H and O–H groups in total. The number of β-amino-alcohol motifs (C(OH)–C–C–N with tert-alkyl or cyclic N) is 1. The van der Waals surface area contributed by atoms with Gasteiger partial charge >= 0.3 is 5.97 Å². The maximum Gasteiger partial charge on any atom is 0.317 e. The molecule has 1 aromatic rings. The van der Waals surface area contributed by atoms with E-state index in [-0.39, 0.29) is 31.6 Å². The predicted octanol–water partition coefficient (Wildman–Crippen LogP) is -0.293. The van der Waals surface area contributed by atoms with Gasteiger partial charge in [0, 0.05) is 19.6 Å². The Bertz CT molecular complexity index is 566. The van der Waals surface area contributed by atoms with Gasteiger partial charge in [-0.05, 0) is 19.7 Å². The summed E-state index contributed by atoms with van der Waals surface area (Å²) < 4.78 is 0. The Morgan fingerprint density at radius 1 is 1.17 bits per heavy atom. The van der Waals surface area contributed by atoms with Crippen molar-refractivity contribution in [3.8, 4) is 0 Å². The summed E-state index contributed by atoms with van der Waals surface area (Å²) in [6.45, 7) is 1.37. The summed E-state index contributed by atoms with van der Waals surface area (Å²) in [6, 6.07) is 9.56. The topological polar surface area (TPSA) is 84.3 Å². The van der Waals surface area contributed by atoms with Crippen LogP contribution in [-0.2, 0) is 16.1 Å². The standard InChI is InChI=1S/C17H25N3O4/c1-18(8-13-6-4-3-5-7-13)11-16(22)20-9-14(15(21)10-20)19(2)12-17(23)24/h3-7,14-15,21H,8-12H2,1-2H3,(H,23,24)/t14-,15-/m1/s1. The number of carbonyl (C=O) groups excluding carboxylic acids is 1. The largest absolute Gasteiger partial charge is 0.480 e. The molecule has 132 valence electrons. The van der Waals surface area contributed by atoms with Crippen molar-refractivity contribution in [3.63, 3.8) is 0 Å². The van der Waals surface area contributed by atoms with Crippen molar-refractivity contribution < 1.29 is 19.8 Å². The molecule has 1 saturated heterocycles. The van der Waals surface area contributed by atoms with Crippen molar-refractivity contribution in [1.29, 1.82) is 0 Å². The van der Waals surface area contributed by atoms with Crippen LogP contribution < -0.4 is 0 Å². The molecule has 1 amide bonds. The third kappa shape index (κ3) is 5.02. The molecular weight excluding hydrogens is 310 g/mol. The minimum atomic E-state index is -0.947. The van der Waals surface area contributed by atoms with Crippen LogP contribution in [0.15, 0.2) is 30.3 Å². The number of aliphatic hydroxyl groups is 1. The second-order valence-corrected chi connectivity index (χ2v) is 6.40. The molecule has 1 aliphatic heterocycles. The lowest BCUT2D eigenvalue weighted by Gasteiger charge is -2.25. The predicted molar refractivity (Wildman–Crippen MR) is 89.4 cm³/mol. The van der Waals surface area contributed by atoms with Gasteiger partial charge in [-0.1, -0.05) is 30.3 Å². The lowest BCUT2D eigenvalue weighted by atomic mass is 10.2. The molecule has 0 spiro atoms. The van der Waals surface area contributed by atoms with Crippen LogP contribution in [0.3, 0.4) is 0 Å². The second-order valence-electron chi connectivity index (χ2n) is 6.40. The summed E-state index contributed by atoms with van der Waals surface area (Å²) in [5, 5.41) is 19.0. The van der Waals surface area contributed by atoms with E-state index in [0.29, 0.717) is 13.1 Å². The number of hydrogen-bond acceptors (Lipinski definition) is 5. The lowest BCUT2D eigenvalue weighted by molar-refractivity contribution is -0.138. The molecule has 0 bridgehead atoms. The van der Waals surface area contributed by atoms with Gasteiger partial charge in [-0.25, -0.2) is 0 Å². The number of aliphatic carboxylic acids is 1. The highest BCUT2D eigenvalue weighted by Crippen LogP contribution is 2.16. The summed E-state index contributed by atoms with van der Waals surface area (Å²) in [5.74, 6) is -1.00. The molecule has 0 aromatic heterocycles. The van der Waals surface area contributed by atoms with Crippen molar-refractivity contribution in [2.45, 2.75) is 18.7 Å². The molecule has 1 heterocycles. The molecule has 1 aromatic carbocycles. The minimum absolute atomic E-state index is 0.0568. The Morgan fingerprint density at radius 2 is 1.83 bits per heavy atom. The molecule has 0 aliphatic carbocycles. The molecule has 1 aliphatic rings. The summed E-state index contributed by atoms with van der Waals surface area (Å²) in [6.07, 6.45) is -0.724. The number of carbonyl (C=O) groups is 2. The lowest BCUT2D eigenvalue weighted by Crippen LogP contribution is -2.43. The Morgan fingerprint density at radius 3 is 2.46 bits per heavy atom. The second kappa shape index (κ2) is 8.23. The molecule has 0 radical (unpaired) electrons. The Balaban J connectivity index is 1.85. The van der Waals surface area contributed by atoms with E-state index >= 15 is 0 Å². The summed E-state index contributed by atoms with van der Waals surface area (Å²) in [5.41, 5.74) is 1.13. The number of carboxylic acid groups (broad SMARTS) is 1. The van der Waals surface area contributed by atoms with Crippen molar-refractivity contribution in [2.24, 2.45) is 0 Å². The zero-order valence-corrected chi connectivity index (χ0v) is 14.1. The first-order chi connectivity index (χ1) is 11.4. The molecule has 1 fully saturated rings. The van der Waals surface area contributed by atoms with E-state index in [2.05, 4.69) is 0 Å². The van der Waals surface area contributed by atoms with Crippen LogP contribution in [0.1, 0.15) is 5.56 Å². The van der Waals surface area contributed by atoms with Crippen molar-refractivity contribution in [2.75, 3.05) is 40.3 Å². The number of nitrogens with zero attached hydrogens (tertiary/aromatic N) is 3. The Labute approximate surface area is 142 Å². The highest BCUT2D eigenvalue weighted by molar-refractivity contribution is 5.78. The van der Waals surface area contributed by atoms with Crippen LogP contribution in [0.5, 0.6) is 0 Å². The monoisotopic (exact) mass is 335 g/mol. The van der Waals surface area contributed by atoms with Crippen molar-refractivity contribution in [1.82, 2.24) is 14.7 Å². The average Bonchev–Trinajstić information content (AvgIpc) is 2.89. The first-order valence-corrected chi connectivity index (χ1v) is 7.97.